The molecule has 1 saturated heterocycles. The fourth-order valence-corrected chi connectivity index (χ4v) is 2.34. The van der Waals surface area contributed by atoms with Crippen LogP contribution in [0, 0.1) is 0 Å². The first-order valence-corrected chi connectivity index (χ1v) is 6.37. The average molecular weight is 299 g/mol. The summed E-state index contributed by atoms with van der Waals surface area (Å²) >= 11 is 3.36. The van der Waals surface area contributed by atoms with Crippen molar-refractivity contribution in [1.29, 1.82) is 0 Å². The highest BCUT2D eigenvalue weighted by atomic mass is 79.9. The van der Waals surface area contributed by atoms with E-state index in [-0.39, 0.29) is 18.1 Å². The van der Waals surface area contributed by atoms with E-state index in [1.165, 1.54) is 0 Å². The number of carbonyl (C=O) groups excluding carboxylic acids is 1. The van der Waals surface area contributed by atoms with E-state index in [2.05, 4.69) is 21.2 Å². The van der Waals surface area contributed by atoms with Crippen LogP contribution < -0.4 is 11.1 Å². The van der Waals surface area contributed by atoms with Gasteiger partial charge in [-0.2, -0.15) is 0 Å². The number of hydrogen-bond donors (Lipinski definition) is 2. The van der Waals surface area contributed by atoms with E-state index in [1.54, 1.807) is 18.2 Å². The van der Waals surface area contributed by atoms with Gasteiger partial charge in [0, 0.05) is 10.2 Å². The molecule has 0 saturated carbocycles. The van der Waals surface area contributed by atoms with Gasteiger partial charge in [-0.1, -0.05) is 0 Å². The number of nitrogen functional groups attached to an aromatic ring is 1. The van der Waals surface area contributed by atoms with E-state index < -0.39 is 0 Å². The molecule has 0 aliphatic carbocycles. The quantitative estimate of drug-likeness (QED) is 0.825. The summed E-state index contributed by atoms with van der Waals surface area (Å²) in [5.41, 5.74) is 7.00. The monoisotopic (exact) mass is 298 g/mol. The van der Waals surface area contributed by atoms with Gasteiger partial charge in [-0.25, -0.2) is 0 Å². The largest absolute Gasteiger partial charge is 0.399 e. The van der Waals surface area contributed by atoms with E-state index in [0.29, 0.717) is 11.4 Å². The van der Waals surface area contributed by atoms with E-state index in [4.69, 9.17) is 10.5 Å². The molecule has 1 aliphatic rings. The Balaban J connectivity index is 2.03. The Morgan fingerprint density at radius 1 is 1.53 bits per heavy atom. The number of benzene rings is 1. The molecule has 1 fully saturated rings. The van der Waals surface area contributed by atoms with Crippen molar-refractivity contribution in [3.63, 3.8) is 0 Å². The lowest BCUT2D eigenvalue weighted by molar-refractivity contribution is -0.126. The zero-order chi connectivity index (χ0) is 12.4. The Bertz CT molecular complexity index is 437. The molecule has 2 atom stereocenters. The first kappa shape index (κ1) is 12.4. The second-order valence-corrected chi connectivity index (χ2v) is 5.10. The molecule has 1 heterocycles. The van der Waals surface area contributed by atoms with Crippen molar-refractivity contribution in [2.75, 3.05) is 11.1 Å². The molecule has 1 aromatic carbocycles. The Labute approximate surface area is 109 Å². The molecule has 1 aromatic rings. The van der Waals surface area contributed by atoms with Crippen LogP contribution in [-0.4, -0.2) is 18.1 Å². The zero-order valence-electron chi connectivity index (χ0n) is 9.57. The molecule has 0 aromatic heterocycles. The number of nitrogens with one attached hydrogen (secondary N) is 1. The van der Waals surface area contributed by atoms with E-state index in [1.807, 2.05) is 6.92 Å². The normalized spacial score (nSPS) is 23.6. The molecule has 1 amide bonds. The van der Waals surface area contributed by atoms with Crippen LogP contribution in [0.4, 0.5) is 11.4 Å². The van der Waals surface area contributed by atoms with Gasteiger partial charge in [-0.15, -0.1) is 0 Å². The number of amides is 1. The van der Waals surface area contributed by atoms with Crippen LogP contribution in [-0.2, 0) is 9.53 Å². The van der Waals surface area contributed by atoms with Gasteiger partial charge in [0.1, 0.15) is 6.10 Å². The highest BCUT2D eigenvalue weighted by molar-refractivity contribution is 9.10. The van der Waals surface area contributed by atoms with E-state index >= 15 is 0 Å². The standard InChI is InChI=1S/C12H15BrN2O2/c1-7-2-5-11(17-7)12(16)15-10-4-3-8(14)6-9(10)13/h3-4,6-7,11H,2,5,14H2,1H3,(H,15,16). The Hall–Kier alpha value is -1.07. The first-order valence-electron chi connectivity index (χ1n) is 5.57. The molecule has 92 valence electrons. The van der Waals surface area contributed by atoms with Crippen LogP contribution in [0.25, 0.3) is 0 Å². The molecular formula is C12H15BrN2O2. The van der Waals surface area contributed by atoms with Crippen LogP contribution >= 0.6 is 15.9 Å². The SMILES string of the molecule is CC1CCC(C(=O)Nc2ccc(N)cc2Br)O1. The van der Waals surface area contributed by atoms with Gasteiger partial charge in [-0.3, -0.25) is 4.79 Å². The predicted molar refractivity (Wildman–Crippen MR) is 70.8 cm³/mol. The molecule has 17 heavy (non-hydrogen) atoms. The van der Waals surface area contributed by atoms with Crippen LogP contribution in [0.3, 0.4) is 0 Å². The maximum absolute atomic E-state index is 11.9. The highest BCUT2D eigenvalue weighted by Gasteiger charge is 2.28. The van der Waals surface area contributed by atoms with E-state index in [9.17, 15) is 4.79 Å². The molecule has 3 N–H and O–H groups in total. The van der Waals surface area contributed by atoms with Gasteiger partial charge in [0.15, 0.2) is 0 Å². The Morgan fingerprint density at radius 3 is 2.88 bits per heavy atom. The zero-order valence-corrected chi connectivity index (χ0v) is 11.2. The summed E-state index contributed by atoms with van der Waals surface area (Å²) < 4.78 is 6.28. The van der Waals surface area contributed by atoms with Crippen molar-refractivity contribution in [3.8, 4) is 0 Å². The molecule has 4 nitrogen and oxygen atoms in total. The van der Waals surface area contributed by atoms with Crippen LogP contribution in [0.1, 0.15) is 19.8 Å². The molecule has 1 aliphatic heterocycles. The van der Waals surface area contributed by atoms with Gasteiger partial charge in [0.05, 0.1) is 11.8 Å². The molecule has 0 spiro atoms. The Morgan fingerprint density at radius 2 is 2.29 bits per heavy atom. The average Bonchev–Trinajstić information content (AvgIpc) is 2.69. The number of halogens is 1. The number of carbonyl (C=O) groups is 1. The molecule has 2 unspecified atom stereocenters. The first-order chi connectivity index (χ1) is 8.06. The van der Waals surface area contributed by atoms with Gasteiger partial charge in [0.2, 0.25) is 0 Å². The van der Waals surface area contributed by atoms with Gasteiger partial charge in [0.25, 0.3) is 5.91 Å². The van der Waals surface area contributed by atoms with Crippen molar-refractivity contribution in [1.82, 2.24) is 0 Å². The smallest absolute Gasteiger partial charge is 0.253 e. The highest BCUT2D eigenvalue weighted by Crippen LogP contribution is 2.26. The van der Waals surface area contributed by atoms with Gasteiger partial charge >= 0.3 is 0 Å². The second kappa shape index (κ2) is 5.06. The fraction of sp³-hybridized carbons (Fsp3) is 0.417. The molecule has 5 heteroatoms. The molecule has 2 rings (SSSR count). The molecule has 0 radical (unpaired) electrons. The van der Waals surface area contributed by atoms with Crippen molar-refractivity contribution in [2.24, 2.45) is 0 Å². The third-order valence-corrected chi connectivity index (χ3v) is 3.43. The topological polar surface area (TPSA) is 64.4 Å². The minimum atomic E-state index is -0.338. The summed E-state index contributed by atoms with van der Waals surface area (Å²) in [6.45, 7) is 1.98. The van der Waals surface area contributed by atoms with Crippen LogP contribution in [0.15, 0.2) is 22.7 Å². The third kappa shape index (κ3) is 2.98. The maximum atomic E-state index is 11.9. The second-order valence-electron chi connectivity index (χ2n) is 4.24. The minimum absolute atomic E-state index is 0.0974. The van der Waals surface area contributed by atoms with Crippen molar-refractivity contribution < 1.29 is 9.53 Å². The summed E-state index contributed by atoms with van der Waals surface area (Å²) in [6.07, 6.45) is 1.54. The minimum Gasteiger partial charge on any atom is -0.399 e. The lowest BCUT2D eigenvalue weighted by Gasteiger charge is -2.13. The summed E-state index contributed by atoms with van der Waals surface area (Å²) in [6, 6.07) is 5.28. The number of anilines is 2. The van der Waals surface area contributed by atoms with E-state index in [0.717, 1.165) is 17.3 Å². The number of rotatable bonds is 2. The predicted octanol–water partition coefficient (Wildman–Crippen LogP) is 2.54. The maximum Gasteiger partial charge on any atom is 0.253 e. The number of hydrogen-bond acceptors (Lipinski definition) is 3. The molecular weight excluding hydrogens is 284 g/mol. The lowest BCUT2D eigenvalue weighted by Crippen LogP contribution is -2.27. The summed E-state index contributed by atoms with van der Waals surface area (Å²) in [4.78, 5) is 11.9. The van der Waals surface area contributed by atoms with Gasteiger partial charge < -0.3 is 15.8 Å². The van der Waals surface area contributed by atoms with Crippen molar-refractivity contribution in [3.05, 3.63) is 22.7 Å². The summed E-state index contributed by atoms with van der Waals surface area (Å²) in [5, 5.41) is 2.83. The number of nitrogens with two attached hydrogens (primary N) is 1. The fourth-order valence-electron chi connectivity index (χ4n) is 1.84. The van der Waals surface area contributed by atoms with Crippen molar-refractivity contribution >= 4 is 33.2 Å². The van der Waals surface area contributed by atoms with Crippen molar-refractivity contribution in [2.45, 2.75) is 32.0 Å². The lowest BCUT2D eigenvalue weighted by atomic mass is 10.2. The third-order valence-electron chi connectivity index (χ3n) is 2.78. The van der Waals surface area contributed by atoms with Crippen LogP contribution in [0.5, 0.6) is 0 Å². The number of ether oxygens (including phenoxy) is 1. The summed E-state index contributed by atoms with van der Waals surface area (Å²) in [7, 11) is 0. The Kier molecular flexibility index (Phi) is 3.69. The van der Waals surface area contributed by atoms with Crippen LogP contribution in [0.2, 0.25) is 0 Å². The summed E-state index contributed by atoms with van der Waals surface area (Å²) in [5.74, 6) is -0.0974. The molecule has 0 bridgehead atoms. The van der Waals surface area contributed by atoms with Gasteiger partial charge in [-0.05, 0) is 53.9 Å².